The smallest absolute Gasteiger partial charge is 0.370 e. The highest BCUT2D eigenvalue weighted by molar-refractivity contribution is 5.59. The lowest BCUT2D eigenvalue weighted by atomic mass is 10.2. The maximum Gasteiger partial charge on any atom is 0.451 e. The Bertz CT molecular complexity index is 609. The molecular weight excluding hydrogens is 281 g/mol. The number of anilines is 3. The van der Waals surface area contributed by atoms with Crippen LogP contribution in [0.3, 0.4) is 0 Å². The summed E-state index contributed by atoms with van der Waals surface area (Å²) in [6.07, 6.45) is -4.59. The third-order valence-corrected chi connectivity index (χ3v) is 2.66. The van der Waals surface area contributed by atoms with Crippen molar-refractivity contribution in [1.29, 1.82) is 0 Å². The lowest BCUT2D eigenvalue weighted by Gasteiger charge is -2.12. The number of aryl methyl sites for hydroxylation is 1. The monoisotopic (exact) mass is 296 g/mol. The Morgan fingerprint density at radius 2 is 1.67 bits per heavy atom. The van der Waals surface area contributed by atoms with Crippen LogP contribution in [0.25, 0.3) is 0 Å². The van der Waals surface area contributed by atoms with E-state index in [0.717, 1.165) is 5.56 Å². The average Bonchev–Trinajstić information content (AvgIpc) is 2.41. The molecule has 0 bridgehead atoms. The van der Waals surface area contributed by atoms with Crippen molar-refractivity contribution >= 4 is 17.3 Å². The van der Waals surface area contributed by atoms with E-state index in [9.17, 15) is 13.2 Å². The molecule has 0 unspecified atom stereocenters. The number of rotatable bonds is 4. The number of benzene rings is 1. The quantitative estimate of drug-likeness (QED) is 0.896. The minimum Gasteiger partial charge on any atom is -0.370 e. The van der Waals surface area contributed by atoms with E-state index in [4.69, 9.17) is 0 Å². The van der Waals surface area contributed by atoms with Gasteiger partial charge in [-0.2, -0.15) is 13.2 Å². The maximum atomic E-state index is 12.8. The van der Waals surface area contributed by atoms with E-state index in [1.165, 1.54) is 6.07 Å². The fraction of sp³-hybridized carbons (Fsp3) is 0.286. The summed E-state index contributed by atoms with van der Waals surface area (Å²) in [5.41, 5.74) is 1.72. The molecule has 0 radical (unpaired) electrons. The van der Waals surface area contributed by atoms with Gasteiger partial charge < -0.3 is 10.6 Å². The van der Waals surface area contributed by atoms with Crippen LogP contribution in [-0.4, -0.2) is 16.5 Å². The lowest BCUT2D eigenvalue weighted by Crippen LogP contribution is -2.14. The summed E-state index contributed by atoms with van der Waals surface area (Å²) in [6.45, 7) is 4.18. The number of hydrogen-bond acceptors (Lipinski definition) is 4. The summed E-state index contributed by atoms with van der Waals surface area (Å²) in [5, 5.41) is 5.62. The highest BCUT2D eigenvalue weighted by Crippen LogP contribution is 2.29. The van der Waals surface area contributed by atoms with Crippen molar-refractivity contribution in [3.63, 3.8) is 0 Å². The summed E-state index contributed by atoms with van der Waals surface area (Å²) in [7, 11) is 0. The topological polar surface area (TPSA) is 49.8 Å². The van der Waals surface area contributed by atoms with Crippen molar-refractivity contribution in [2.75, 3.05) is 17.2 Å². The van der Waals surface area contributed by atoms with Gasteiger partial charge in [0, 0.05) is 18.3 Å². The van der Waals surface area contributed by atoms with Crippen LogP contribution >= 0.6 is 0 Å². The maximum absolute atomic E-state index is 12.8. The predicted octanol–water partition coefficient (Wildman–Crippen LogP) is 3.98. The molecule has 0 amide bonds. The van der Waals surface area contributed by atoms with Gasteiger partial charge in [-0.25, -0.2) is 9.97 Å². The summed E-state index contributed by atoms with van der Waals surface area (Å²) in [4.78, 5) is 6.98. The van der Waals surface area contributed by atoms with Crippen LogP contribution in [0.1, 0.15) is 18.3 Å². The summed E-state index contributed by atoms with van der Waals surface area (Å²) in [6, 6.07) is 8.71. The Morgan fingerprint density at radius 3 is 2.24 bits per heavy atom. The molecule has 0 aliphatic rings. The number of aromatic nitrogens is 2. The Hall–Kier alpha value is -2.31. The summed E-state index contributed by atoms with van der Waals surface area (Å²) in [5.74, 6) is -0.942. The first kappa shape index (κ1) is 15.1. The third-order valence-electron chi connectivity index (χ3n) is 2.66. The van der Waals surface area contributed by atoms with Gasteiger partial charge in [-0.1, -0.05) is 17.7 Å². The van der Waals surface area contributed by atoms with Gasteiger partial charge in [-0.15, -0.1) is 0 Å². The van der Waals surface area contributed by atoms with Gasteiger partial charge >= 0.3 is 6.18 Å². The van der Waals surface area contributed by atoms with Crippen LogP contribution in [0.5, 0.6) is 0 Å². The predicted molar refractivity (Wildman–Crippen MR) is 75.7 cm³/mol. The molecule has 112 valence electrons. The Morgan fingerprint density at radius 1 is 1.05 bits per heavy atom. The zero-order valence-corrected chi connectivity index (χ0v) is 11.6. The standard InChI is InChI=1S/C14H15F3N4/c1-3-18-11-8-12(21-13(20-11)14(15,16)17)19-10-6-4-9(2)5-7-10/h4-8H,3H2,1-2H3,(H2,18,19,20,21). The largest absolute Gasteiger partial charge is 0.451 e. The molecule has 0 aliphatic carbocycles. The van der Waals surface area contributed by atoms with Crippen molar-refractivity contribution < 1.29 is 13.2 Å². The van der Waals surface area contributed by atoms with Gasteiger partial charge in [0.05, 0.1) is 0 Å². The first-order valence-electron chi connectivity index (χ1n) is 6.42. The van der Waals surface area contributed by atoms with Gasteiger partial charge in [0.15, 0.2) is 0 Å². The average molecular weight is 296 g/mol. The Kier molecular flexibility index (Phi) is 4.30. The number of alkyl halides is 3. The molecule has 2 N–H and O–H groups in total. The number of nitrogens with one attached hydrogen (secondary N) is 2. The van der Waals surface area contributed by atoms with Gasteiger partial charge in [0.1, 0.15) is 11.6 Å². The van der Waals surface area contributed by atoms with E-state index >= 15 is 0 Å². The zero-order chi connectivity index (χ0) is 15.5. The van der Waals surface area contributed by atoms with E-state index in [1.807, 2.05) is 19.1 Å². The van der Waals surface area contributed by atoms with Gasteiger partial charge in [0.25, 0.3) is 0 Å². The van der Waals surface area contributed by atoms with Gasteiger partial charge in [0.2, 0.25) is 5.82 Å². The minimum atomic E-state index is -4.59. The lowest BCUT2D eigenvalue weighted by molar-refractivity contribution is -0.144. The van der Waals surface area contributed by atoms with Crippen molar-refractivity contribution in [1.82, 2.24) is 9.97 Å². The molecule has 0 aliphatic heterocycles. The highest BCUT2D eigenvalue weighted by Gasteiger charge is 2.35. The van der Waals surface area contributed by atoms with Crippen molar-refractivity contribution in [3.8, 4) is 0 Å². The normalized spacial score (nSPS) is 11.3. The molecule has 0 saturated heterocycles. The number of hydrogen-bond donors (Lipinski definition) is 2. The van der Waals surface area contributed by atoms with Gasteiger partial charge in [-0.05, 0) is 26.0 Å². The highest BCUT2D eigenvalue weighted by atomic mass is 19.4. The van der Waals surface area contributed by atoms with Crippen LogP contribution in [0, 0.1) is 6.92 Å². The third kappa shape index (κ3) is 4.08. The first-order valence-corrected chi connectivity index (χ1v) is 6.42. The molecule has 2 aromatic rings. The van der Waals surface area contributed by atoms with Crippen LogP contribution in [0.15, 0.2) is 30.3 Å². The molecule has 1 heterocycles. The second-order valence-electron chi connectivity index (χ2n) is 4.48. The molecule has 2 rings (SSSR count). The molecule has 4 nitrogen and oxygen atoms in total. The van der Waals surface area contributed by atoms with Crippen LogP contribution in [-0.2, 0) is 6.18 Å². The Balaban J connectivity index is 2.33. The van der Waals surface area contributed by atoms with Crippen molar-refractivity contribution in [2.24, 2.45) is 0 Å². The Labute approximate surface area is 120 Å². The fourth-order valence-corrected chi connectivity index (χ4v) is 1.69. The number of halogens is 3. The van der Waals surface area contributed by atoms with Crippen LogP contribution < -0.4 is 10.6 Å². The van der Waals surface area contributed by atoms with Crippen molar-refractivity contribution in [2.45, 2.75) is 20.0 Å². The molecule has 0 saturated carbocycles. The molecule has 1 aromatic heterocycles. The van der Waals surface area contributed by atoms with Crippen LogP contribution in [0.4, 0.5) is 30.5 Å². The van der Waals surface area contributed by atoms with E-state index < -0.39 is 12.0 Å². The van der Waals surface area contributed by atoms with E-state index in [1.54, 1.807) is 19.1 Å². The van der Waals surface area contributed by atoms with Gasteiger partial charge in [-0.3, -0.25) is 0 Å². The molecule has 7 heteroatoms. The molecule has 0 atom stereocenters. The first-order chi connectivity index (χ1) is 9.88. The summed E-state index contributed by atoms with van der Waals surface area (Å²) >= 11 is 0. The minimum absolute atomic E-state index is 0.0946. The van der Waals surface area contributed by atoms with E-state index in [2.05, 4.69) is 20.6 Å². The summed E-state index contributed by atoms with van der Waals surface area (Å²) < 4.78 is 38.4. The molecule has 21 heavy (non-hydrogen) atoms. The second kappa shape index (κ2) is 5.99. The molecule has 0 fully saturated rings. The van der Waals surface area contributed by atoms with E-state index in [-0.39, 0.29) is 11.6 Å². The van der Waals surface area contributed by atoms with Crippen molar-refractivity contribution in [3.05, 3.63) is 41.7 Å². The molecule has 1 aromatic carbocycles. The molecular formula is C14H15F3N4. The molecule has 0 spiro atoms. The van der Waals surface area contributed by atoms with E-state index in [0.29, 0.717) is 12.2 Å². The zero-order valence-electron chi connectivity index (χ0n) is 11.6. The number of nitrogens with zero attached hydrogens (tertiary/aromatic N) is 2. The van der Waals surface area contributed by atoms with Crippen LogP contribution in [0.2, 0.25) is 0 Å². The SMILES string of the molecule is CCNc1cc(Nc2ccc(C)cc2)nc(C(F)(F)F)n1. The second-order valence-corrected chi connectivity index (χ2v) is 4.48. The fourth-order valence-electron chi connectivity index (χ4n) is 1.69.